The van der Waals surface area contributed by atoms with Crippen molar-refractivity contribution in [3.05, 3.63) is 12.3 Å². The van der Waals surface area contributed by atoms with Crippen molar-refractivity contribution < 1.29 is 9.47 Å². The smallest absolute Gasteiger partial charge is 0.163 e. The summed E-state index contributed by atoms with van der Waals surface area (Å²) in [5.74, 6) is -0.435. The van der Waals surface area contributed by atoms with Crippen molar-refractivity contribution in [1.82, 2.24) is 5.32 Å². The third kappa shape index (κ3) is 3.84. The second kappa shape index (κ2) is 4.14. The van der Waals surface area contributed by atoms with Gasteiger partial charge < -0.3 is 14.8 Å². The van der Waals surface area contributed by atoms with Crippen LogP contribution in [0.2, 0.25) is 0 Å². The van der Waals surface area contributed by atoms with Gasteiger partial charge >= 0.3 is 0 Å². The van der Waals surface area contributed by atoms with Gasteiger partial charge in [-0.05, 0) is 13.8 Å². The molecule has 1 heterocycles. The molecule has 1 N–H and O–H groups in total. The van der Waals surface area contributed by atoms with E-state index in [-0.39, 0.29) is 11.5 Å². The lowest BCUT2D eigenvalue weighted by atomic mass is 9.93. The summed E-state index contributed by atoms with van der Waals surface area (Å²) in [6.45, 7) is 15.7. The molecule has 0 aromatic rings. The second-order valence-corrected chi connectivity index (χ2v) is 5.56. The van der Waals surface area contributed by atoms with E-state index in [0.717, 1.165) is 12.2 Å². The number of hydrogen-bond acceptors (Lipinski definition) is 3. The maximum atomic E-state index is 5.69. The van der Waals surface area contributed by atoms with Crippen molar-refractivity contribution in [2.45, 2.75) is 46.5 Å². The van der Waals surface area contributed by atoms with Crippen LogP contribution in [0.4, 0.5) is 0 Å². The minimum atomic E-state index is -0.435. The van der Waals surface area contributed by atoms with Crippen molar-refractivity contribution in [3.8, 4) is 0 Å². The molecule has 0 aromatic carbocycles. The predicted molar refractivity (Wildman–Crippen MR) is 61.5 cm³/mol. The summed E-state index contributed by atoms with van der Waals surface area (Å²) in [5.41, 5.74) is 1.13. The Morgan fingerprint density at radius 2 is 2.07 bits per heavy atom. The Morgan fingerprint density at radius 3 is 2.47 bits per heavy atom. The highest BCUT2D eigenvalue weighted by Gasteiger charge is 2.32. The van der Waals surface area contributed by atoms with E-state index in [1.807, 2.05) is 13.8 Å². The lowest BCUT2D eigenvalue weighted by Crippen LogP contribution is -2.33. The van der Waals surface area contributed by atoms with Gasteiger partial charge in [0.05, 0.1) is 6.61 Å². The molecule has 0 aliphatic carbocycles. The van der Waals surface area contributed by atoms with E-state index in [1.54, 1.807) is 0 Å². The van der Waals surface area contributed by atoms with Crippen LogP contribution in [0.1, 0.15) is 34.6 Å². The first kappa shape index (κ1) is 12.5. The Hall–Kier alpha value is -0.540. The van der Waals surface area contributed by atoms with Gasteiger partial charge in [-0.1, -0.05) is 27.4 Å². The Balaban J connectivity index is 2.31. The quantitative estimate of drug-likeness (QED) is 0.780. The van der Waals surface area contributed by atoms with E-state index in [0.29, 0.717) is 6.61 Å². The van der Waals surface area contributed by atoms with Crippen LogP contribution in [0.15, 0.2) is 12.3 Å². The second-order valence-electron chi connectivity index (χ2n) is 5.56. The van der Waals surface area contributed by atoms with Crippen LogP contribution in [0, 0.1) is 5.41 Å². The van der Waals surface area contributed by atoms with Crippen LogP contribution in [0.25, 0.3) is 0 Å². The van der Waals surface area contributed by atoms with Crippen LogP contribution in [-0.2, 0) is 9.47 Å². The molecule has 1 saturated heterocycles. The zero-order valence-electron chi connectivity index (χ0n) is 10.5. The molecule has 3 heteroatoms. The Kier molecular flexibility index (Phi) is 3.46. The minimum absolute atomic E-state index is 0.0922. The van der Waals surface area contributed by atoms with Gasteiger partial charge in [0.2, 0.25) is 0 Å². The molecular formula is C12H23NO2. The fraction of sp³-hybridized carbons (Fsp3) is 0.833. The van der Waals surface area contributed by atoms with Crippen molar-refractivity contribution in [2.24, 2.45) is 5.41 Å². The molecule has 0 amide bonds. The largest absolute Gasteiger partial charge is 0.386 e. The highest BCUT2D eigenvalue weighted by Crippen LogP contribution is 2.24. The summed E-state index contributed by atoms with van der Waals surface area (Å²) < 4.78 is 11.2. The third-order valence-electron chi connectivity index (χ3n) is 2.52. The zero-order valence-corrected chi connectivity index (χ0v) is 10.5. The van der Waals surface area contributed by atoms with Crippen molar-refractivity contribution >= 4 is 0 Å². The maximum absolute atomic E-state index is 5.69. The number of nitrogens with one attached hydrogen (secondary N) is 1. The molecule has 88 valence electrons. The molecule has 1 atom stereocenters. The monoisotopic (exact) mass is 213 g/mol. The zero-order chi connectivity index (χ0) is 11.7. The van der Waals surface area contributed by atoms with Gasteiger partial charge in [0.1, 0.15) is 6.10 Å². The highest BCUT2D eigenvalue weighted by molar-refractivity contribution is 5.02. The summed E-state index contributed by atoms with van der Waals surface area (Å²) in [6.07, 6.45) is 0.124. The standard InChI is InChI=1S/C12H23NO2/c1-9(11(2,3)4)13-7-10-8-14-12(5,6)15-10/h10,13H,1,7-8H2,2-6H3/t10-/m1/s1. The molecule has 0 aromatic heterocycles. The molecule has 0 bridgehead atoms. The van der Waals surface area contributed by atoms with Gasteiger partial charge in [-0.2, -0.15) is 0 Å². The minimum Gasteiger partial charge on any atom is -0.386 e. The third-order valence-corrected chi connectivity index (χ3v) is 2.52. The molecule has 0 spiro atoms. The predicted octanol–water partition coefficient (Wildman–Crippen LogP) is 2.29. The van der Waals surface area contributed by atoms with Gasteiger partial charge in [-0.15, -0.1) is 0 Å². The Bertz CT molecular complexity index is 240. The fourth-order valence-corrected chi connectivity index (χ4v) is 1.37. The first-order chi connectivity index (χ1) is 6.71. The maximum Gasteiger partial charge on any atom is 0.163 e. The molecule has 1 rings (SSSR count). The number of rotatable bonds is 3. The molecule has 1 aliphatic rings. The average Bonchev–Trinajstić information content (AvgIpc) is 2.39. The summed E-state index contributed by atoms with van der Waals surface area (Å²) in [5, 5.41) is 3.30. The van der Waals surface area contributed by atoms with Gasteiger partial charge in [-0.3, -0.25) is 0 Å². The number of hydrogen-bond donors (Lipinski definition) is 1. The van der Waals surface area contributed by atoms with E-state index in [4.69, 9.17) is 9.47 Å². The lowest BCUT2D eigenvalue weighted by molar-refractivity contribution is -0.137. The summed E-state index contributed by atoms with van der Waals surface area (Å²) in [7, 11) is 0. The molecule has 0 saturated carbocycles. The summed E-state index contributed by atoms with van der Waals surface area (Å²) in [6, 6.07) is 0. The molecule has 1 aliphatic heterocycles. The first-order valence-corrected chi connectivity index (χ1v) is 5.46. The van der Waals surface area contributed by atoms with Crippen molar-refractivity contribution in [2.75, 3.05) is 13.2 Å². The van der Waals surface area contributed by atoms with E-state index < -0.39 is 5.79 Å². The fourth-order valence-electron chi connectivity index (χ4n) is 1.37. The number of ether oxygens (including phenoxy) is 2. The van der Waals surface area contributed by atoms with Crippen molar-refractivity contribution in [1.29, 1.82) is 0 Å². The van der Waals surface area contributed by atoms with Crippen LogP contribution in [0.5, 0.6) is 0 Å². The van der Waals surface area contributed by atoms with E-state index in [9.17, 15) is 0 Å². The van der Waals surface area contributed by atoms with Crippen LogP contribution < -0.4 is 5.32 Å². The average molecular weight is 213 g/mol. The van der Waals surface area contributed by atoms with Gasteiger partial charge in [-0.25, -0.2) is 0 Å². The summed E-state index contributed by atoms with van der Waals surface area (Å²) in [4.78, 5) is 0. The van der Waals surface area contributed by atoms with Crippen LogP contribution >= 0.6 is 0 Å². The first-order valence-electron chi connectivity index (χ1n) is 5.46. The Morgan fingerprint density at radius 1 is 1.47 bits per heavy atom. The molecule has 15 heavy (non-hydrogen) atoms. The van der Waals surface area contributed by atoms with E-state index >= 15 is 0 Å². The summed E-state index contributed by atoms with van der Waals surface area (Å²) >= 11 is 0. The van der Waals surface area contributed by atoms with E-state index in [2.05, 4.69) is 32.7 Å². The molecule has 1 fully saturated rings. The van der Waals surface area contributed by atoms with Crippen molar-refractivity contribution in [3.63, 3.8) is 0 Å². The molecular weight excluding hydrogens is 190 g/mol. The van der Waals surface area contributed by atoms with Gasteiger partial charge in [0.25, 0.3) is 0 Å². The number of allylic oxidation sites excluding steroid dienone is 1. The lowest BCUT2D eigenvalue weighted by Gasteiger charge is -2.24. The Labute approximate surface area is 92.8 Å². The molecule has 0 unspecified atom stereocenters. The topological polar surface area (TPSA) is 30.5 Å². The molecule has 0 radical (unpaired) electrons. The van der Waals surface area contributed by atoms with Crippen LogP contribution in [-0.4, -0.2) is 25.0 Å². The van der Waals surface area contributed by atoms with Crippen LogP contribution in [0.3, 0.4) is 0 Å². The SMILES string of the molecule is C=C(NC[C@@H]1COC(C)(C)O1)C(C)(C)C. The van der Waals surface area contributed by atoms with Gasteiger partial charge in [0.15, 0.2) is 5.79 Å². The molecule has 3 nitrogen and oxygen atoms in total. The van der Waals surface area contributed by atoms with E-state index in [1.165, 1.54) is 0 Å². The normalized spacial score (nSPS) is 25.3. The highest BCUT2D eigenvalue weighted by atomic mass is 16.7. The van der Waals surface area contributed by atoms with Gasteiger partial charge in [0, 0.05) is 17.7 Å².